The Hall–Kier alpha value is -1.56. The number of carbonyl (C=O) groups is 2. The number of rotatable bonds is 5. The summed E-state index contributed by atoms with van der Waals surface area (Å²) >= 11 is 1.57. The second-order valence-corrected chi connectivity index (χ2v) is 5.59. The Bertz CT molecular complexity index is 427. The minimum Gasteiger partial charge on any atom is -0.481 e. The zero-order valence-electron chi connectivity index (χ0n) is 9.94. The highest BCUT2D eigenvalue weighted by Gasteiger charge is 2.44. The minimum absolute atomic E-state index is 0.207. The maximum atomic E-state index is 11.5. The molecule has 2 amide bonds. The first-order chi connectivity index (χ1) is 8.62. The average molecular weight is 268 g/mol. The molecule has 1 aromatic heterocycles. The van der Waals surface area contributed by atoms with Crippen LogP contribution in [0.2, 0.25) is 0 Å². The van der Waals surface area contributed by atoms with Gasteiger partial charge in [0, 0.05) is 11.4 Å². The van der Waals surface area contributed by atoms with Crippen LogP contribution in [0.3, 0.4) is 0 Å². The number of nitrogens with one attached hydrogen (secondary N) is 2. The molecule has 1 aromatic rings. The first-order valence-corrected chi connectivity index (χ1v) is 6.78. The maximum Gasteiger partial charge on any atom is 0.315 e. The van der Waals surface area contributed by atoms with Crippen LogP contribution >= 0.6 is 11.3 Å². The molecule has 0 aromatic carbocycles. The molecule has 1 aliphatic carbocycles. The lowest BCUT2D eigenvalue weighted by atomic mass is 9.69. The lowest BCUT2D eigenvalue weighted by Gasteiger charge is -2.37. The highest BCUT2D eigenvalue weighted by Crippen LogP contribution is 2.40. The summed E-state index contributed by atoms with van der Waals surface area (Å²) in [7, 11) is 0. The Morgan fingerprint density at radius 3 is 2.67 bits per heavy atom. The van der Waals surface area contributed by atoms with Crippen molar-refractivity contribution in [2.45, 2.75) is 25.8 Å². The van der Waals surface area contributed by atoms with Crippen molar-refractivity contribution in [1.29, 1.82) is 0 Å². The summed E-state index contributed by atoms with van der Waals surface area (Å²) in [5.74, 6) is -0.813. The SMILES string of the molecule is O=C(NCc1cccs1)NCC1(C(=O)O)CCC1. The number of amides is 2. The predicted molar refractivity (Wildman–Crippen MR) is 68.5 cm³/mol. The number of carboxylic acids is 1. The third-order valence-corrected chi connectivity index (χ3v) is 4.23. The number of hydrogen-bond donors (Lipinski definition) is 3. The number of carboxylic acid groups (broad SMARTS) is 1. The Morgan fingerprint density at radius 1 is 1.39 bits per heavy atom. The van der Waals surface area contributed by atoms with E-state index in [2.05, 4.69) is 10.6 Å². The van der Waals surface area contributed by atoms with Gasteiger partial charge >= 0.3 is 12.0 Å². The number of carbonyl (C=O) groups excluding carboxylic acids is 1. The molecule has 1 aliphatic rings. The van der Waals surface area contributed by atoms with Crippen molar-refractivity contribution in [3.63, 3.8) is 0 Å². The largest absolute Gasteiger partial charge is 0.481 e. The Morgan fingerprint density at radius 2 is 2.17 bits per heavy atom. The van der Waals surface area contributed by atoms with Gasteiger partial charge in [-0.2, -0.15) is 0 Å². The van der Waals surface area contributed by atoms with Crippen molar-refractivity contribution in [1.82, 2.24) is 10.6 Å². The second-order valence-electron chi connectivity index (χ2n) is 4.55. The molecule has 0 atom stereocenters. The number of hydrogen-bond acceptors (Lipinski definition) is 3. The lowest BCUT2D eigenvalue weighted by molar-refractivity contribution is -0.153. The van der Waals surface area contributed by atoms with E-state index in [1.807, 2.05) is 17.5 Å². The second kappa shape index (κ2) is 5.39. The smallest absolute Gasteiger partial charge is 0.315 e. The van der Waals surface area contributed by atoms with Crippen molar-refractivity contribution < 1.29 is 14.7 Å². The van der Waals surface area contributed by atoms with Crippen LogP contribution in [-0.2, 0) is 11.3 Å². The quantitative estimate of drug-likeness (QED) is 0.762. The van der Waals surface area contributed by atoms with Crippen LogP contribution in [0.4, 0.5) is 4.79 Å². The topological polar surface area (TPSA) is 78.4 Å². The molecule has 0 aliphatic heterocycles. The van der Waals surface area contributed by atoms with Crippen molar-refractivity contribution in [2.24, 2.45) is 5.41 Å². The molecule has 0 spiro atoms. The van der Waals surface area contributed by atoms with Gasteiger partial charge in [-0.15, -0.1) is 11.3 Å². The van der Waals surface area contributed by atoms with E-state index >= 15 is 0 Å². The summed E-state index contributed by atoms with van der Waals surface area (Å²) in [6, 6.07) is 3.55. The van der Waals surface area contributed by atoms with Crippen LogP contribution < -0.4 is 10.6 Å². The summed E-state index contributed by atoms with van der Waals surface area (Å²) < 4.78 is 0. The lowest BCUT2D eigenvalue weighted by Crippen LogP contribution is -2.49. The van der Waals surface area contributed by atoms with Crippen LogP contribution in [0.5, 0.6) is 0 Å². The summed E-state index contributed by atoms with van der Waals surface area (Å²) in [6.45, 7) is 0.683. The molecule has 0 radical (unpaired) electrons. The van der Waals surface area contributed by atoms with Crippen molar-refractivity contribution in [3.8, 4) is 0 Å². The fourth-order valence-corrected chi connectivity index (χ4v) is 2.61. The summed E-state index contributed by atoms with van der Waals surface area (Å²) in [5.41, 5.74) is -0.736. The van der Waals surface area contributed by atoms with E-state index in [1.165, 1.54) is 0 Å². The van der Waals surface area contributed by atoms with E-state index in [4.69, 9.17) is 5.11 Å². The molecule has 1 fully saturated rings. The van der Waals surface area contributed by atoms with Crippen LogP contribution in [0.25, 0.3) is 0 Å². The Kier molecular flexibility index (Phi) is 3.86. The minimum atomic E-state index is -0.813. The van der Waals surface area contributed by atoms with Crippen LogP contribution in [-0.4, -0.2) is 23.7 Å². The highest BCUT2D eigenvalue weighted by atomic mass is 32.1. The van der Waals surface area contributed by atoms with Gasteiger partial charge in [0.05, 0.1) is 12.0 Å². The fraction of sp³-hybridized carbons (Fsp3) is 0.500. The molecule has 0 bridgehead atoms. The predicted octanol–water partition coefficient (Wildman–Crippen LogP) is 1.80. The van der Waals surface area contributed by atoms with E-state index < -0.39 is 11.4 Å². The van der Waals surface area contributed by atoms with Gasteiger partial charge in [-0.3, -0.25) is 4.79 Å². The first-order valence-electron chi connectivity index (χ1n) is 5.90. The zero-order valence-corrected chi connectivity index (χ0v) is 10.8. The van der Waals surface area contributed by atoms with Crippen molar-refractivity contribution in [3.05, 3.63) is 22.4 Å². The van der Waals surface area contributed by atoms with Gasteiger partial charge in [0.1, 0.15) is 0 Å². The standard InChI is InChI=1S/C12H16N2O3S/c15-10(16)12(4-2-5-12)8-14-11(17)13-7-9-3-1-6-18-9/h1,3,6H,2,4-5,7-8H2,(H,15,16)(H2,13,14,17). The van der Waals surface area contributed by atoms with Gasteiger partial charge in [0.15, 0.2) is 0 Å². The van der Waals surface area contributed by atoms with E-state index in [9.17, 15) is 9.59 Å². The highest BCUT2D eigenvalue weighted by molar-refractivity contribution is 7.09. The molecule has 0 unspecified atom stereocenters. The van der Waals surface area contributed by atoms with Crippen LogP contribution in [0, 0.1) is 5.41 Å². The fourth-order valence-electron chi connectivity index (χ4n) is 1.96. The Labute approximate surface area is 109 Å². The Balaban J connectivity index is 1.73. The van der Waals surface area contributed by atoms with E-state index in [0.29, 0.717) is 19.4 Å². The average Bonchev–Trinajstić information content (AvgIpc) is 2.77. The third kappa shape index (κ3) is 2.81. The monoisotopic (exact) mass is 268 g/mol. The van der Waals surface area contributed by atoms with Gasteiger partial charge < -0.3 is 15.7 Å². The van der Waals surface area contributed by atoms with Crippen LogP contribution in [0.1, 0.15) is 24.1 Å². The first kappa shape index (κ1) is 12.9. The van der Waals surface area contributed by atoms with Crippen molar-refractivity contribution >= 4 is 23.3 Å². The molecule has 98 valence electrons. The summed E-state index contributed by atoms with van der Waals surface area (Å²) in [4.78, 5) is 23.7. The molecular weight excluding hydrogens is 252 g/mol. The maximum absolute atomic E-state index is 11.5. The normalized spacial score (nSPS) is 16.7. The van der Waals surface area contributed by atoms with Gasteiger partial charge in [0.25, 0.3) is 0 Å². The molecule has 0 saturated heterocycles. The molecule has 18 heavy (non-hydrogen) atoms. The zero-order chi connectivity index (χ0) is 13.0. The molecular formula is C12H16N2O3S. The third-order valence-electron chi connectivity index (χ3n) is 3.35. The van der Waals surface area contributed by atoms with Gasteiger partial charge in [0.2, 0.25) is 0 Å². The number of thiophene rings is 1. The number of aliphatic carboxylic acids is 1. The molecule has 1 heterocycles. The van der Waals surface area contributed by atoms with Crippen molar-refractivity contribution in [2.75, 3.05) is 6.54 Å². The van der Waals surface area contributed by atoms with Gasteiger partial charge in [-0.1, -0.05) is 12.5 Å². The summed E-state index contributed by atoms with van der Waals surface area (Å²) in [6.07, 6.45) is 2.21. The van der Waals surface area contributed by atoms with Crippen LogP contribution in [0.15, 0.2) is 17.5 Å². The number of urea groups is 1. The van der Waals surface area contributed by atoms with Gasteiger partial charge in [-0.25, -0.2) is 4.79 Å². The van der Waals surface area contributed by atoms with E-state index in [0.717, 1.165) is 11.3 Å². The molecule has 5 nitrogen and oxygen atoms in total. The molecule has 2 rings (SSSR count). The van der Waals surface area contributed by atoms with E-state index in [1.54, 1.807) is 11.3 Å². The molecule has 6 heteroatoms. The molecule has 1 saturated carbocycles. The van der Waals surface area contributed by atoms with E-state index in [-0.39, 0.29) is 12.6 Å². The molecule has 3 N–H and O–H groups in total. The van der Waals surface area contributed by atoms with Gasteiger partial charge in [-0.05, 0) is 24.3 Å². The summed E-state index contributed by atoms with van der Waals surface area (Å²) in [5, 5.41) is 16.4.